The number of hydrogen-bond acceptors (Lipinski definition) is 5. The van der Waals surface area contributed by atoms with Gasteiger partial charge in [0.05, 0.1) is 17.7 Å². The molecule has 0 bridgehead atoms. The van der Waals surface area contributed by atoms with Crippen LogP contribution in [0.3, 0.4) is 0 Å². The second kappa shape index (κ2) is 8.78. The molecule has 0 aliphatic rings. The largest absolute Gasteiger partial charge is 0.492 e. The molecule has 1 aromatic rings. The first-order chi connectivity index (χ1) is 11.8. The van der Waals surface area contributed by atoms with Crippen molar-refractivity contribution in [2.45, 2.75) is 65.3 Å². The zero-order valence-electron chi connectivity index (χ0n) is 17.0. The van der Waals surface area contributed by atoms with E-state index in [0.717, 1.165) is 5.46 Å². The van der Waals surface area contributed by atoms with Gasteiger partial charge in [0, 0.05) is 0 Å². The van der Waals surface area contributed by atoms with Crippen LogP contribution < -0.4 is 15.5 Å². The number of hydrogen-bond donors (Lipinski definition) is 2. The summed E-state index contributed by atoms with van der Waals surface area (Å²) >= 11 is 0. The number of carbonyl (C=O) groups is 1. The van der Waals surface area contributed by atoms with Gasteiger partial charge in [0.15, 0.2) is 0 Å². The average molecular weight is 365 g/mol. The first kappa shape index (κ1) is 22.3. The van der Waals surface area contributed by atoms with Gasteiger partial charge in [-0.1, -0.05) is 17.6 Å². The van der Waals surface area contributed by atoms with Crippen molar-refractivity contribution in [2.75, 3.05) is 13.2 Å². The molecule has 1 aromatic carbocycles. The monoisotopic (exact) mass is 365 g/mol. The van der Waals surface area contributed by atoms with Crippen molar-refractivity contribution < 1.29 is 24.0 Å². The second-order valence-electron chi connectivity index (χ2n) is 8.28. The minimum atomic E-state index is -0.933. The van der Waals surface area contributed by atoms with Gasteiger partial charge in [-0.25, -0.2) is 4.79 Å². The molecule has 1 amide bonds. The van der Waals surface area contributed by atoms with E-state index in [4.69, 9.17) is 14.1 Å². The first-order valence-corrected chi connectivity index (χ1v) is 8.85. The lowest BCUT2D eigenvalue weighted by Gasteiger charge is -2.37. The Morgan fingerprint density at radius 1 is 1.08 bits per heavy atom. The molecule has 0 unspecified atom stereocenters. The topological polar surface area (TPSA) is 77.0 Å². The number of carbonyl (C=O) groups excluding carboxylic acids is 1. The molecule has 2 N–H and O–H groups in total. The Morgan fingerprint density at radius 3 is 2.15 bits per heavy atom. The third-order valence-electron chi connectivity index (χ3n) is 4.04. The standard InChI is InChI=1S/C19H32BNO5/c1-17(2,3)25-16(22)21-12-13-24-15-10-8-14(9-11-15)20-26-19(6,7)18(4,5)23/h8-11,20,23H,12-13H2,1-7H3,(H,21,22). The van der Waals surface area contributed by atoms with E-state index in [1.165, 1.54) is 0 Å². The van der Waals surface area contributed by atoms with Crippen LogP contribution in [0.25, 0.3) is 0 Å². The van der Waals surface area contributed by atoms with Gasteiger partial charge in [0.1, 0.15) is 18.0 Å². The number of alkyl carbamates (subject to hydrolysis) is 1. The molecule has 26 heavy (non-hydrogen) atoms. The van der Waals surface area contributed by atoms with Gasteiger partial charge in [-0.3, -0.25) is 0 Å². The van der Waals surface area contributed by atoms with Crippen LogP contribution in [-0.2, 0) is 9.39 Å². The van der Waals surface area contributed by atoms with Crippen LogP contribution in [-0.4, -0.2) is 48.6 Å². The molecule has 0 aromatic heterocycles. The predicted octanol–water partition coefficient (Wildman–Crippen LogP) is 2.13. The molecule has 0 spiro atoms. The summed E-state index contributed by atoms with van der Waals surface area (Å²) in [5, 5.41) is 12.7. The number of benzene rings is 1. The summed E-state index contributed by atoms with van der Waals surface area (Å²) in [5.41, 5.74) is -1.11. The molecule has 0 fully saturated rings. The third kappa shape index (κ3) is 8.10. The van der Waals surface area contributed by atoms with Crippen LogP contribution in [0.1, 0.15) is 48.5 Å². The SMILES string of the molecule is CC(C)(C)OC(=O)NCCOc1ccc(BOC(C)(C)C(C)(C)O)cc1. The quantitative estimate of drug-likeness (QED) is 0.545. The molecule has 0 saturated heterocycles. The number of ether oxygens (including phenoxy) is 2. The first-order valence-electron chi connectivity index (χ1n) is 8.85. The third-order valence-corrected chi connectivity index (χ3v) is 4.04. The Hall–Kier alpha value is -1.73. The highest BCUT2D eigenvalue weighted by atomic mass is 16.6. The van der Waals surface area contributed by atoms with Crippen molar-refractivity contribution in [2.24, 2.45) is 0 Å². The lowest BCUT2D eigenvalue weighted by Crippen LogP contribution is -2.49. The van der Waals surface area contributed by atoms with E-state index in [1.807, 2.05) is 58.9 Å². The molecule has 0 aliphatic heterocycles. The molecule has 0 atom stereocenters. The van der Waals surface area contributed by atoms with Crippen molar-refractivity contribution in [3.63, 3.8) is 0 Å². The van der Waals surface area contributed by atoms with Crippen molar-refractivity contribution in [3.8, 4) is 5.75 Å². The number of nitrogens with one attached hydrogen (secondary N) is 1. The van der Waals surface area contributed by atoms with Gasteiger partial charge in [-0.15, -0.1) is 0 Å². The molecule has 1 rings (SSSR count). The normalized spacial score (nSPS) is 12.5. The van der Waals surface area contributed by atoms with Crippen LogP contribution in [0, 0.1) is 0 Å². The number of rotatable bonds is 8. The maximum Gasteiger partial charge on any atom is 0.407 e. The number of aliphatic hydroxyl groups is 1. The van der Waals surface area contributed by atoms with Crippen LogP contribution in [0.15, 0.2) is 24.3 Å². The molecule has 7 heteroatoms. The predicted molar refractivity (Wildman–Crippen MR) is 104 cm³/mol. The van der Waals surface area contributed by atoms with Crippen LogP contribution in [0.4, 0.5) is 4.79 Å². The summed E-state index contributed by atoms with van der Waals surface area (Å²) in [6.45, 7) is 13.3. The van der Waals surface area contributed by atoms with Crippen LogP contribution in [0.5, 0.6) is 5.75 Å². The van der Waals surface area contributed by atoms with Gasteiger partial charge in [0.25, 0.3) is 0 Å². The Balaban J connectivity index is 2.36. The van der Waals surface area contributed by atoms with E-state index in [0.29, 0.717) is 26.4 Å². The smallest absolute Gasteiger partial charge is 0.407 e. The summed E-state index contributed by atoms with van der Waals surface area (Å²) in [4.78, 5) is 11.5. The van der Waals surface area contributed by atoms with E-state index < -0.39 is 22.9 Å². The molecule has 0 radical (unpaired) electrons. The summed E-state index contributed by atoms with van der Waals surface area (Å²) < 4.78 is 16.6. The van der Waals surface area contributed by atoms with Gasteiger partial charge in [0.2, 0.25) is 0 Å². The lowest BCUT2D eigenvalue weighted by molar-refractivity contribution is -0.0893. The zero-order chi connectivity index (χ0) is 20.0. The molecule has 0 saturated carbocycles. The van der Waals surface area contributed by atoms with Gasteiger partial charge in [-0.05, 0) is 60.6 Å². The van der Waals surface area contributed by atoms with Gasteiger partial charge >= 0.3 is 13.6 Å². The van der Waals surface area contributed by atoms with Crippen molar-refractivity contribution in [3.05, 3.63) is 24.3 Å². The summed E-state index contributed by atoms with van der Waals surface area (Å²) in [6, 6.07) is 7.53. The lowest BCUT2D eigenvalue weighted by atomic mass is 9.82. The second-order valence-corrected chi connectivity index (χ2v) is 8.28. The highest BCUT2D eigenvalue weighted by molar-refractivity contribution is 6.47. The molecule has 146 valence electrons. The van der Waals surface area contributed by atoms with Crippen molar-refractivity contribution in [1.29, 1.82) is 0 Å². The van der Waals surface area contributed by atoms with Crippen LogP contribution >= 0.6 is 0 Å². The molecule has 0 heterocycles. The van der Waals surface area contributed by atoms with Gasteiger partial charge in [-0.2, -0.15) is 0 Å². The highest BCUT2D eigenvalue weighted by Gasteiger charge is 2.35. The fraction of sp³-hybridized carbons (Fsp3) is 0.632. The van der Waals surface area contributed by atoms with E-state index in [2.05, 4.69) is 5.32 Å². The average Bonchev–Trinajstić information content (AvgIpc) is 2.48. The zero-order valence-corrected chi connectivity index (χ0v) is 17.0. The summed E-state index contributed by atoms with van der Waals surface area (Å²) in [6.07, 6.45) is -0.456. The van der Waals surface area contributed by atoms with E-state index in [9.17, 15) is 9.90 Å². The minimum Gasteiger partial charge on any atom is -0.492 e. The molecule has 0 aliphatic carbocycles. The molecular weight excluding hydrogens is 333 g/mol. The Kier molecular flexibility index (Phi) is 7.53. The fourth-order valence-corrected chi connectivity index (χ4v) is 1.76. The Morgan fingerprint density at radius 2 is 1.65 bits per heavy atom. The van der Waals surface area contributed by atoms with Crippen LogP contribution in [0.2, 0.25) is 0 Å². The summed E-state index contributed by atoms with van der Waals surface area (Å²) in [5.74, 6) is 0.710. The Bertz CT molecular complexity index is 573. The maximum atomic E-state index is 11.5. The maximum absolute atomic E-state index is 11.5. The van der Waals surface area contributed by atoms with Gasteiger partial charge < -0.3 is 24.6 Å². The van der Waals surface area contributed by atoms with E-state index >= 15 is 0 Å². The number of amides is 1. The minimum absolute atomic E-state index is 0.348. The van der Waals surface area contributed by atoms with Crippen molar-refractivity contribution in [1.82, 2.24) is 5.32 Å². The van der Waals surface area contributed by atoms with Crippen molar-refractivity contribution >= 4 is 19.0 Å². The summed E-state index contributed by atoms with van der Waals surface area (Å²) in [7, 11) is 0.400. The van der Waals surface area contributed by atoms with E-state index in [1.54, 1.807) is 13.8 Å². The fourth-order valence-electron chi connectivity index (χ4n) is 1.76. The molecular formula is C19H32BNO5. The van der Waals surface area contributed by atoms with E-state index in [-0.39, 0.29) is 0 Å². The molecule has 6 nitrogen and oxygen atoms in total. The highest BCUT2D eigenvalue weighted by Crippen LogP contribution is 2.24. The Labute approximate surface area is 157 Å².